The van der Waals surface area contributed by atoms with E-state index >= 15 is 0 Å². The summed E-state index contributed by atoms with van der Waals surface area (Å²) >= 11 is 0. The third kappa shape index (κ3) is 5.30. The first-order chi connectivity index (χ1) is 11.3. The van der Waals surface area contributed by atoms with Gasteiger partial charge in [-0.15, -0.1) is 0 Å². The van der Waals surface area contributed by atoms with E-state index in [0.29, 0.717) is 12.1 Å². The number of rotatable bonds is 7. The molecule has 2 aliphatic heterocycles. The molecule has 0 spiro atoms. The van der Waals surface area contributed by atoms with Gasteiger partial charge in [-0.1, -0.05) is 0 Å². The molecule has 1 atom stereocenters. The lowest BCUT2D eigenvalue weighted by atomic mass is 10.2. The Morgan fingerprint density at radius 1 is 1.22 bits per heavy atom. The van der Waals surface area contributed by atoms with E-state index in [0.717, 1.165) is 76.9 Å². The van der Waals surface area contributed by atoms with Crippen LogP contribution >= 0.6 is 0 Å². The second kappa shape index (κ2) is 8.42. The van der Waals surface area contributed by atoms with Gasteiger partial charge in [0, 0.05) is 51.1 Å². The lowest BCUT2D eigenvalue weighted by Crippen LogP contribution is -2.39. The summed E-state index contributed by atoms with van der Waals surface area (Å²) in [6.45, 7) is 9.18. The standard InChI is InChI=1S/C16H27N5O2/c1-13-11-15(18-12-14-3-2-8-23-14)20-16(19-13)17-4-5-21-6-9-22-10-7-21/h11,14H,2-10,12H2,1H3,(H2,17,18,19,20). The van der Waals surface area contributed by atoms with Gasteiger partial charge < -0.3 is 20.1 Å². The van der Waals surface area contributed by atoms with Crippen LogP contribution in [-0.2, 0) is 9.47 Å². The molecule has 0 amide bonds. The van der Waals surface area contributed by atoms with Crippen molar-refractivity contribution in [2.24, 2.45) is 0 Å². The Bertz CT molecular complexity index is 487. The molecule has 7 heteroatoms. The summed E-state index contributed by atoms with van der Waals surface area (Å²) in [6.07, 6.45) is 2.59. The molecular formula is C16H27N5O2. The van der Waals surface area contributed by atoms with E-state index in [9.17, 15) is 0 Å². The Morgan fingerprint density at radius 3 is 2.87 bits per heavy atom. The third-order valence-electron chi connectivity index (χ3n) is 4.20. The fraction of sp³-hybridized carbons (Fsp3) is 0.750. The second-order valence-electron chi connectivity index (χ2n) is 6.11. The Morgan fingerprint density at radius 2 is 2.09 bits per heavy atom. The molecule has 0 aromatic carbocycles. The van der Waals surface area contributed by atoms with E-state index in [2.05, 4.69) is 25.5 Å². The SMILES string of the molecule is Cc1cc(NCC2CCCO2)nc(NCCN2CCOCC2)n1. The molecule has 2 N–H and O–H groups in total. The first-order valence-electron chi connectivity index (χ1n) is 8.55. The fourth-order valence-corrected chi connectivity index (χ4v) is 2.91. The molecular weight excluding hydrogens is 294 g/mol. The summed E-state index contributed by atoms with van der Waals surface area (Å²) in [5.41, 5.74) is 0.962. The summed E-state index contributed by atoms with van der Waals surface area (Å²) in [6, 6.07) is 1.97. The normalized spacial score (nSPS) is 22.2. The lowest BCUT2D eigenvalue weighted by Gasteiger charge is -2.26. The summed E-state index contributed by atoms with van der Waals surface area (Å²) in [4.78, 5) is 11.4. The number of morpholine rings is 1. The van der Waals surface area contributed by atoms with Gasteiger partial charge in [0.2, 0.25) is 5.95 Å². The zero-order valence-corrected chi connectivity index (χ0v) is 13.9. The van der Waals surface area contributed by atoms with Crippen LogP contribution in [0, 0.1) is 6.92 Å². The van der Waals surface area contributed by atoms with Crippen LogP contribution in [0.1, 0.15) is 18.5 Å². The predicted molar refractivity (Wildman–Crippen MR) is 90.0 cm³/mol. The highest BCUT2D eigenvalue weighted by molar-refractivity contribution is 5.42. The molecule has 23 heavy (non-hydrogen) atoms. The van der Waals surface area contributed by atoms with Gasteiger partial charge in [-0.25, -0.2) is 4.98 Å². The second-order valence-corrected chi connectivity index (χ2v) is 6.11. The van der Waals surface area contributed by atoms with E-state index in [-0.39, 0.29) is 0 Å². The number of hydrogen-bond donors (Lipinski definition) is 2. The number of nitrogens with one attached hydrogen (secondary N) is 2. The van der Waals surface area contributed by atoms with E-state index in [1.165, 1.54) is 0 Å². The average Bonchev–Trinajstić information content (AvgIpc) is 3.07. The van der Waals surface area contributed by atoms with Crippen molar-refractivity contribution in [1.82, 2.24) is 14.9 Å². The van der Waals surface area contributed by atoms with E-state index in [1.807, 2.05) is 13.0 Å². The number of aromatic nitrogens is 2. The molecule has 3 heterocycles. The van der Waals surface area contributed by atoms with Gasteiger partial charge in [-0.3, -0.25) is 4.90 Å². The number of hydrogen-bond acceptors (Lipinski definition) is 7. The van der Waals surface area contributed by atoms with Crippen LogP contribution in [0.5, 0.6) is 0 Å². The number of anilines is 2. The first kappa shape index (κ1) is 16.4. The molecule has 0 saturated carbocycles. The lowest BCUT2D eigenvalue weighted by molar-refractivity contribution is 0.0398. The van der Waals surface area contributed by atoms with Crippen molar-refractivity contribution in [2.75, 3.05) is 63.2 Å². The number of aryl methyl sites for hydroxylation is 1. The van der Waals surface area contributed by atoms with Gasteiger partial charge in [0.05, 0.1) is 19.3 Å². The van der Waals surface area contributed by atoms with Crippen LogP contribution in [0.3, 0.4) is 0 Å². The smallest absolute Gasteiger partial charge is 0.224 e. The third-order valence-corrected chi connectivity index (χ3v) is 4.20. The Labute approximate surface area is 137 Å². The Hall–Kier alpha value is -1.44. The summed E-state index contributed by atoms with van der Waals surface area (Å²) < 4.78 is 11.0. The van der Waals surface area contributed by atoms with E-state index in [1.54, 1.807) is 0 Å². The molecule has 7 nitrogen and oxygen atoms in total. The van der Waals surface area contributed by atoms with Crippen LogP contribution in [0.4, 0.5) is 11.8 Å². The van der Waals surface area contributed by atoms with E-state index in [4.69, 9.17) is 9.47 Å². The molecule has 128 valence electrons. The van der Waals surface area contributed by atoms with Crippen molar-refractivity contribution in [2.45, 2.75) is 25.9 Å². The van der Waals surface area contributed by atoms with Gasteiger partial charge in [-0.05, 0) is 19.8 Å². The molecule has 2 fully saturated rings. The topological polar surface area (TPSA) is 71.5 Å². The van der Waals surface area contributed by atoms with Crippen molar-refractivity contribution in [3.63, 3.8) is 0 Å². The highest BCUT2D eigenvalue weighted by atomic mass is 16.5. The molecule has 0 bridgehead atoms. The maximum absolute atomic E-state index is 5.63. The zero-order chi connectivity index (χ0) is 15.9. The van der Waals surface area contributed by atoms with Crippen molar-refractivity contribution in [3.05, 3.63) is 11.8 Å². The average molecular weight is 321 g/mol. The van der Waals surface area contributed by atoms with Crippen LogP contribution in [0.15, 0.2) is 6.07 Å². The summed E-state index contributed by atoms with van der Waals surface area (Å²) in [7, 11) is 0. The molecule has 1 aromatic heterocycles. The fourth-order valence-electron chi connectivity index (χ4n) is 2.91. The van der Waals surface area contributed by atoms with Crippen molar-refractivity contribution in [1.29, 1.82) is 0 Å². The van der Waals surface area contributed by atoms with Crippen LogP contribution < -0.4 is 10.6 Å². The molecule has 1 aromatic rings. The molecule has 1 unspecified atom stereocenters. The van der Waals surface area contributed by atoms with Crippen LogP contribution in [0.25, 0.3) is 0 Å². The molecule has 0 aliphatic carbocycles. The van der Waals surface area contributed by atoms with E-state index < -0.39 is 0 Å². The number of nitrogens with zero attached hydrogens (tertiary/aromatic N) is 3. The minimum Gasteiger partial charge on any atom is -0.379 e. The minimum absolute atomic E-state index is 0.308. The Kier molecular flexibility index (Phi) is 6.01. The largest absolute Gasteiger partial charge is 0.379 e. The maximum Gasteiger partial charge on any atom is 0.224 e. The van der Waals surface area contributed by atoms with Crippen molar-refractivity contribution < 1.29 is 9.47 Å². The van der Waals surface area contributed by atoms with Crippen molar-refractivity contribution >= 4 is 11.8 Å². The van der Waals surface area contributed by atoms with Crippen LogP contribution in [-0.4, -0.2) is 73.5 Å². The molecule has 2 saturated heterocycles. The molecule has 3 rings (SSSR count). The van der Waals surface area contributed by atoms with Gasteiger partial charge in [0.1, 0.15) is 5.82 Å². The Balaban J connectivity index is 1.46. The van der Waals surface area contributed by atoms with Gasteiger partial charge in [0.15, 0.2) is 0 Å². The highest BCUT2D eigenvalue weighted by Gasteiger charge is 2.15. The predicted octanol–water partition coefficient (Wildman–Crippen LogP) is 1.12. The maximum atomic E-state index is 5.63. The van der Waals surface area contributed by atoms with Gasteiger partial charge in [0.25, 0.3) is 0 Å². The van der Waals surface area contributed by atoms with Crippen LogP contribution in [0.2, 0.25) is 0 Å². The monoisotopic (exact) mass is 321 g/mol. The zero-order valence-electron chi connectivity index (χ0n) is 13.9. The van der Waals surface area contributed by atoms with Gasteiger partial charge >= 0.3 is 0 Å². The van der Waals surface area contributed by atoms with Crippen molar-refractivity contribution in [3.8, 4) is 0 Å². The quantitative estimate of drug-likeness (QED) is 0.780. The first-order valence-corrected chi connectivity index (χ1v) is 8.55. The number of ether oxygens (including phenoxy) is 2. The summed E-state index contributed by atoms with van der Waals surface area (Å²) in [5.74, 6) is 1.55. The van der Waals surface area contributed by atoms with Gasteiger partial charge in [-0.2, -0.15) is 4.98 Å². The minimum atomic E-state index is 0.308. The molecule has 0 radical (unpaired) electrons. The highest BCUT2D eigenvalue weighted by Crippen LogP contribution is 2.14. The molecule has 2 aliphatic rings. The summed E-state index contributed by atoms with van der Waals surface area (Å²) in [5, 5.41) is 6.69.